The van der Waals surface area contributed by atoms with Gasteiger partial charge in [-0.05, 0) is 12.8 Å². The van der Waals surface area contributed by atoms with Crippen molar-refractivity contribution in [3.63, 3.8) is 0 Å². The molecule has 0 saturated carbocycles. The molecule has 0 aromatic rings. The first kappa shape index (κ1) is 31.3. The second-order valence-corrected chi connectivity index (χ2v) is 7.29. The molecule has 0 amide bonds. The topological polar surface area (TPSA) is 0 Å². The highest BCUT2D eigenvalue weighted by atomic mass is 79.9. The summed E-state index contributed by atoms with van der Waals surface area (Å²) in [6.07, 6.45) is -11.3. The molecule has 0 nitrogen and oxygen atoms in total. The van der Waals surface area contributed by atoms with E-state index in [1.165, 1.54) is 0 Å². The van der Waals surface area contributed by atoms with Gasteiger partial charge >= 0.3 is 47.6 Å². The highest BCUT2D eigenvalue weighted by Gasteiger charge is 2.95. The van der Waals surface area contributed by atoms with E-state index in [1.807, 2.05) is 0 Å². The molecule has 0 saturated heterocycles. The van der Waals surface area contributed by atoms with E-state index in [-0.39, 0.29) is 24.6 Å². The SMILES string of the molecule is FC(F)(F)C(F)(F)C(F)(F)C(F)(F)C(F)(F)C(F)(F)C(F)(F)C(F)(F)CCCCCCBr. The molecule has 0 fully saturated rings. The lowest BCUT2D eigenvalue weighted by molar-refractivity contribution is -0.461. The van der Waals surface area contributed by atoms with Gasteiger partial charge in [-0.1, -0.05) is 28.8 Å². The molecule has 0 unspecified atom stereocenters. The van der Waals surface area contributed by atoms with Gasteiger partial charge < -0.3 is 0 Å². The summed E-state index contributed by atoms with van der Waals surface area (Å²) >= 11 is 2.87. The van der Waals surface area contributed by atoms with E-state index in [0.29, 0.717) is 0 Å². The van der Waals surface area contributed by atoms with Crippen LogP contribution in [0.15, 0.2) is 0 Å². The normalized spacial score (nSPS) is 15.9. The van der Waals surface area contributed by atoms with Gasteiger partial charge in [0.1, 0.15) is 0 Å². The summed E-state index contributed by atoms with van der Waals surface area (Å²) in [4.78, 5) is 0. The predicted molar refractivity (Wildman–Crippen MR) is 77.6 cm³/mol. The Bertz CT molecular complexity index is 621. The summed E-state index contributed by atoms with van der Waals surface area (Å²) in [5.41, 5.74) is 0. The molecule has 194 valence electrons. The number of alkyl halides is 18. The van der Waals surface area contributed by atoms with Gasteiger partial charge in [0, 0.05) is 11.8 Å². The van der Waals surface area contributed by atoms with Gasteiger partial charge in [0.2, 0.25) is 0 Å². The lowest BCUT2D eigenvalue weighted by Crippen LogP contribution is -2.74. The molecule has 0 aliphatic rings. The Morgan fingerprint density at radius 3 is 1.03 bits per heavy atom. The van der Waals surface area contributed by atoms with Crippen LogP contribution < -0.4 is 0 Å². The van der Waals surface area contributed by atoms with Crippen LogP contribution in [-0.2, 0) is 0 Å². The Morgan fingerprint density at radius 2 is 0.688 bits per heavy atom. The molecule has 0 radical (unpaired) electrons. The molecule has 0 heterocycles. The maximum absolute atomic E-state index is 13.5. The van der Waals surface area contributed by atoms with E-state index in [1.54, 1.807) is 0 Å². The molecule has 18 heteroatoms. The van der Waals surface area contributed by atoms with E-state index >= 15 is 0 Å². The number of halogens is 18. The highest BCUT2D eigenvalue weighted by molar-refractivity contribution is 9.09. The van der Waals surface area contributed by atoms with Gasteiger partial charge in [0.25, 0.3) is 0 Å². The van der Waals surface area contributed by atoms with E-state index in [4.69, 9.17) is 0 Å². The molecule has 0 aromatic carbocycles. The Kier molecular flexibility index (Phi) is 8.95. The summed E-state index contributed by atoms with van der Waals surface area (Å²) in [5.74, 6) is -55.7. The van der Waals surface area contributed by atoms with Crippen LogP contribution in [0.3, 0.4) is 0 Å². The fourth-order valence-corrected chi connectivity index (χ4v) is 2.54. The maximum Gasteiger partial charge on any atom is 0.460 e. The fraction of sp³-hybridized carbons (Fsp3) is 1.00. The summed E-state index contributed by atoms with van der Waals surface area (Å²) in [7, 11) is 0. The monoisotopic (exact) mass is 582 g/mol. The van der Waals surface area contributed by atoms with Crippen molar-refractivity contribution in [3.05, 3.63) is 0 Å². The van der Waals surface area contributed by atoms with Crippen LogP contribution in [-0.4, -0.2) is 53.0 Å². The molecule has 0 aromatic heterocycles. The maximum atomic E-state index is 13.5. The van der Waals surface area contributed by atoms with Crippen molar-refractivity contribution in [2.75, 3.05) is 5.33 Å². The molecule has 0 bridgehead atoms. The van der Waals surface area contributed by atoms with Crippen LogP contribution in [0.4, 0.5) is 74.6 Å². The van der Waals surface area contributed by atoms with E-state index in [0.717, 1.165) is 0 Å². The van der Waals surface area contributed by atoms with Gasteiger partial charge in [0.15, 0.2) is 0 Å². The quantitative estimate of drug-likeness (QED) is 0.123. The van der Waals surface area contributed by atoms with Gasteiger partial charge in [0.05, 0.1) is 0 Å². The van der Waals surface area contributed by atoms with Crippen LogP contribution in [0.2, 0.25) is 0 Å². The number of hydrogen-bond donors (Lipinski definition) is 0. The highest BCUT2D eigenvalue weighted by Crippen LogP contribution is 2.64. The average molecular weight is 583 g/mol. The van der Waals surface area contributed by atoms with Crippen LogP contribution in [0.1, 0.15) is 32.1 Å². The Labute approximate surface area is 176 Å². The molecule has 0 N–H and O–H groups in total. The van der Waals surface area contributed by atoms with E-state index in [9.17, 15) is 74.6 Å². The Morgan fingerprint density at radius 1 is 0.375 bits per heavy atom. The van der Waals surface area contributed by atoms with E-state index in [2.05, 4.69) is 15.9 Å². The molecule has 0 atom stereocenters. The Balaban J connectivity index is 6.25. The second-order valence-electron chi connectivity index (χ2n) is 6.50. The van der Waals surface area contributed by atoms with Crippen molar-refractivity contribution in [2.45, 2.75) is 79.7 Å². The lowest BCUT2D eigenvalue weighted by Gasteiger charge is -2.42. The zero-order chi connectivity index (χ0) is 26.2. The van der Waals surface area contributed by atoms with Crippen LogP contribution >= 0.6 is 15.9 Å². The second kappa shape index (κ2) is 9.15. The summed E-state index contributed by atoms with van der Waals surface area (Å²) in [5, 5.41) is 0.287. The van der Waals surface area contributed by atoms with Gasteiger partial charge in [-0.25, -0.2) is 0 Å². The molecule has 0 spiro atoms. The number of unbranched alkanes of at least 4 members (excludes halogenated alkanes) is 3. The van der Waals surface area contributed by atoms with Crippen molar-refractivity contribution in [2.24, 2.45) is 0 Å². The zero-order valence-corrected chi connectivity index (χ0v) is 16.6. The number of hydrogen-bond acceptors (Lipinski definition) is 0. The van der Waals surface area contributed by atoms with Crippen LogP contribution in [0, 0.1) is 0 Å². The van der Waals surface area contributed by atoms with Crippen LogP contribution in [0.25, 0.3) is 0 Å². The standard InChI is InChI=1S/C14H12BrF17/c15-6-4-2-1-3-5-7(16,17)8(18,19)9(20,21)10(22,23)11(24,25)12(26,27)13(28,29)14(30,31)32/h1-6H2. The summed E-state index contributed by atoms with van der Waals surface area (Å²) < 4.78 is 222. The molecular weight excluding hydrogens is 571 g/mol. The van der Waals surface area contributed by atoms with Crippen molar-refractivity contribution >= 4 is 15.9 Å². The first-order valence-corrected chi connectivity index (χ1v) is 9.20. The lowest BCUT2D eigenvalue weighted by atomic mass is 9.88. The Hall–Kier alpha value is -0.710. The summed E-state index contributed by atoms with van der Waals surface area (Å²) in [6, 6.07) is 0. The first-order valence-electron chi connectivity index (χ1n) is 8.08. The average Bonchev–Trinajstić information content (AvgIpc) is 2.59. The predicted octanol–water partition coefficient (Wildman–Crippen LogP) is 8.34. The third-order valence-electron chi connectivity index (χ3n) is 4.16. The molecule has 0 rings (SSSR count). The van der Waals surface area contributed by atoms with Gasteiger partial charge in [-0.15, -0.1) is 0 Å². The molecule has 0 aliphatic heterocycles. The van der Waals surface area contributed by atoms with Crippen LogP contribution in [0.5, 0.6) is 0 Å². The smallest absolute Gasteiger partial charge is 0.200 e. The van der Waals surface area contributed by atoms with Crippen molar-refractivity contribution in [3.8, 4) is 0 Å². The van der Waals surface area contributed by atoms with Crippen molar-refractivity contribution < 1.29 is 74.6 Å². The van der Waals surface area contributed by atoms with Gasteiger partial charge in [-0.3, -0.25) is 0 Å². The summed E-state index contributed by atoms with van der Waals surface area (Å²) in [6.45, 7) is 0. The van der Waals surface area contributed by atoms with E-state index < -0.39 is 60.5 Å². The minimum atomic E-state index is -8.57. The number of rotatable bonds is 12. The largest absolute Gasteiger partial charge is 0.460 e. The third-order valence-corrected chi connectivity index (χ3v) is 4.72. The minimum absolute atomic E-state index is 0.0241. The van der Waals surface area contributed by atoms with Gasteiger partial charge in [-0.2, -0.15) is 74.6 Å². The molecular formula is C14H12BrF17. The van der Waals surface area contributed by atoms with Crippen molar-refractivity contribution in [1.82, 2.24) is 0 Å². The molecule has 32 heavy (non-hydrogen) atoms. The first-order chi connectivity index (χ1) is 13.8. The zero-order valence-electron chi connectivity index (χ0n) is 15.0. The fourth-order valence-electron chi connectivity index (χ4n) is 2.15. The third kappa shape index (κ3) is 4.74. The molecule has 0 aliphatic carbocycles. The van der Waals surface area contributed by atoms with Crippen molar-refractivity contribution in [1.29, 1.82) is 0 Å². The minimum Gasteiger partial charge on any atom is -0.200 e.